The highest BCUT2D eigenvalue weighted by Crippen LogP contribution is 2.37. The lowest BCUT2D eigenvalue weighted by Gasteiger charge is -2.10. The van der Waals surface area contributed by atoms with Crippen molar-refractivity contribution in [2.75, 3.05) is 0 Å². The highest BCUT2D eigenvalue weighted by atomic mass is 32.1. The molecular weight excluding hydrogens is 285 g/mol. The minimum Gasteiger partial charge on any atom is -0.446 e. The molecule has 2 aromatic rings. The van der Waals surface area contributed by atoms with Crippen molar-refractivity contribution >= 4 is 11.3 Å². The Morgan fingerprint density at radius 2 is 2.00 bits per heavy atom. The van der Waals surface area contributed by atoms with Gasteiger partial charge in [-0.2, -0.15) is 13.2 Å². The highest BCUT2D eigenvalue weighted by Gasteiger charge is 2.30. The fourth-order valence-corrected chi connectivity index (χ4v) is 2.90. The standard InChI is InChI=1S/C15H15F3OS/c1-3-5-13-10(2)9-20-14(13)19-12-7-4-6-11(8-12)15(16,17)18/h4,6-9H,3,5H2,1-2H3. The number of aryl methyl sites for hydroxylation is 1. The number of hydrogen-bond acceptors (Lipinski definition) is 2. The molecule has 2 rings (SSSR count). The summed E-state index contributed by atoms with van der Waals surface area (Å²) in [5.41, 5.74) is 1.51. The number of halogens is 3. The van der Waals surface area contributed by atoms with Gasteiger partial charge >= 0.3 is 6.18 Å². The Labute approximate surface area is 120 Å². The third-order valence-corrected chi connectivity index (χ3v) is 3.95. The van der Waals surface area contributed by atoms with Gasteiger partial charge in [0.05, 0.1) is 5.56 Å². The minimum absolute atomic E-state index is 0.221. The molecule has 108 valence electrons. The molecule has 0 aliphatic carbocycles. The van der Waals surface area contributed by atoms with Crippen molar-refractivity contribution in [2.45, 2.75) is 32.9 Å². The number of benzene rings is 1. The van der Waals surface area contributed by atoms with E-state index in [4.69, 9.17) is 4.74 Å². The molecule has 1 nitrogen and oxygen atoms in total. The zero-order valence-corrected chi connectivity index (χ0v) is 12.1. The van der Waals surface area contributed by atoms with Crippen molar-refractivity contribution in [2.24, 2.45) is 0 Å². The van der Waals surface area contributed by atoms with Crippen molar-refractivity contribution in [3.05, 3.63) is 46.3 Å². The fourth-order valence-electron chi connectivity index (χ4n) is 1.92. The monoisotopic (exact) mass is 300 g/mol. The molecule has 0 aliphatic rings. The van der Waals surface area contributed by atoms with Gasteiger partial charge in [-0.15, -0.1) is 11.3 Å². The summed E-state index contributed by atoms with van der Waals surface area (Å²) in [4.78, 5) is 0. The average Bonchev–Trinajstić information content (AvgIpc) is 2.71. The molecule has 20 heavy (non-hydrogen) atoms. The lowest BCUT2D eigenvalue weighted by atomic mass is 10.1. The van der Waals surface area contributed by atoms with Crippen molar-refractivity contribution in [1.82, 2.24) is 0 Å². The van der Waals surface area contributed by atoms with Gasteiger partial charge < -0.3 is 4.74 Å². The second-order valence-electron chi connectivity index (χ2n) is 4.56. The van der Waals surface area contributed by atoms with Gasteiger partial charge in [-0.25, -0.2) is 0 Å². The van der Waals surface area contributed by atoms with E-state index in [-0.39, 0.29) is 5.75 Å². The molecular formula is C15H15F3OS. The SMILES string of the molecule is CCCc1c(C)csc1Oc1cccc(C(F)(F)F)c1. The van der Waals surface area contributed by atoms with E-state index in [2.05, 4.69) is 6.92 Å². The molecule has 0 fully saturated rings. The van der Waals surface area contributed by atoms with Gasteiger partial charge in [0.1, 0.15) is 5.75 Å². The predicted molar refractivity (Wildman–Crippen MR) is 74.6 cm³/mol. The van der Waals surface area contributed by atoms with Crippen LogP contribution in [-0.4, -0.2) is 0 Å². The van der Waals surface area contributed by atoms with Gasteiger partial charge in [-0.05, 0) is 42.5 Å². The second kappa shape index (κ2) is 5.87. The summed E-state index contributed by atoms with van der Waals surface area (Å²) in [5, 5.41) is 2.65. The van der Waals surface area contributed by atoms with Crippen LogP contribution in [-0.2, 0) is 12.6 Å². The molecule has 0 saturated heterocycles. The Kier molecular flexibility index (Phi) is 4.38. The van der Waals surface area contributed by atoms with Gasteiger partial charge in [-0.3, -0.25) is 0 Å². The zero-order chi connectivity index (χ0) is 14.8. The summed E-state index contributed by atoms with van der Waals surface area (Å²) in [6.07, 6.45) is -2.52. The number of rotatable bonds is 4. The van der Waals surface area contributed by atoms with Crippen molar-refractivity contribution < 1.29 is 17.9 Å². The first-order valence-corrected chi connectivity index (χ1v) is 7.22. The molecule has 0 aliphatic heterocycles. The van der Waals surface area contributed by atoms with Crippen LogP contribution in [0.15, 0.2) is 29.6 Å². The first kappa shape index (κ1) is 14.9. The molecule has 0 unspecified atom stereocenters. The molecule has 0 bridgehead atoms. The number of thiophene rings is 1. The first-order chi connectivity index (χ1) is 9.41. The Morgan fingerprint density at radius 3 is 2.65 bits per heavy atom. The maximum atomic E-state index is 12.7. The van der Waals surface area contributed by atoms with E-state index in [0.29, 0.717) is 5.06 Å². The van der Waals surface area contributed by atoms with Crippen LogP contribution < -0.4 is 4.74 Å². The van der Waals surface area contributed by atoms with Crippen LogP contribution in [0.4, 0.5) is 13.2 Å². The number of hydrogen-bond donors (Lipinski definition) is 0. The Balaban J connectivity index is 2.26. The molecule has 5 heteroatoms. The highest BCUT2D eigenvalue weighted by molar-refractivity contribution is 7.12. The molecule has 1 heterocycles. The van der Waals surface area contributed by atoms with Crippen LogP contribution in [0.2, 0.25) is 0 Å². The maximum Gasteiger partial charge on any atom is 0.416 e. The lowest BCUT2D eigenvalue weighted by Crippen LogP contribution is -2.04. The van der Waals surface area contributed by atoms with E-state index in [1.807, 2.05) is 12.3 Å². The molecule has 1 aromatic carbocycles. The van der Waals surface area contributed by atoms with Crippen LogP contribution in [0.25, 0.3) is 0 Å². The van der Waals surface area contributed by atoms with E-state index in [1.165, 1.54) is 17.4 Å². The average molecular weight is 300 g/mol. The van der Waals surface area contributed by atoms with Crippen LogP contribution in [0.1, 0.15) is 30.0 Å². The van der Waals surface area contributed by atoms with Gasteiger partial charge in [0, 0.05) is 5.56 Å². The summed E-state index contributed by atoms with van der Waals surface area (Å²) >= 11 is 1.42. The lowest BCUT2D eigenvalue weighted by molar-refractivity contribution is -0.137. The topological polar surface area (TPSA) is 9.23 Å². The second-order valence-corrected chi connectivity index (χ2v) is 5.40. The molecule has 0 saturated carbocycles. The Bertz CT molecular complexity index is 587. The van der Waals surface area contributed by atoms with Crippen LogP contribution in [0, 0.1) is 6.92 Å². The number of ether oxygens (including phenoxy) is 1. The van der Waals surface area contributed by atoms with E-state index < -0.39 is 11.7 Å². The summed E-state index contributed by atoms with van der Waals surface area (Å²) in [6.45, 7) is 4.05. The van der Waals surface area contributed by atoms with E-state index in [0.717, 1.165) is 36.1 Å². The van der Waals surface area contributed by atoms with E-state index in [9.17, 15) is 13.2 Å². The van der Waals surface area contributed by atoms with Gasteiger partial charge in [-0.1, -0.05) is 19.4 Å². The molecule has 0 radical (unpaired) electrons. The summed E-state index contributed by atoms with van der Waals surface area (Å²) in [7, 11) is 0. The van der Waals surface area contributed by atoms with Crippen molar-refractivity contribution in [3.8, 4) is 10.8 Å². The van der Waals surface area contributed by atoms with E-state index >= 15 is 0 Å². The maximum absolute atomic E-state index is 12.7. The van der Waals surface area contributed by atoms with Crippen molar-refractivity contribution in [3.63, 3.8) is 0 Å². The predicted octanol–water partition coefficient (Wildman–Crippen LogP) is 5.82. The summed E-state index contributed by atoms with van der Waals surface area (Å²) in [5.74, 6) is 0.221. The van der Waals surface area contributed by atoms with Crippen LogP contribution >= 0.6 is 11.3 Å². The fraction of sp³-hybridized carbons (Fsp3) is 0.333. The molecule has 0 atom stereocenters. The molecule has 0 N–H and O–H groups in total. The molecule has 0 spiro atoms. The van der Waals surface area contributed by atoms with Gasteiger partial charge in [0.15, 0.2) is 5.06 Å². The normalized spacial score (nSPS) is 11.7. The molecule has 1 aromatic heterocycles. The third-order valence-electron chi connectivity index (χ3n) is 2.94. The smallest absolute Gasteiger partial charge is 0.416 e. The van der Waals surface area contributed by atoms with Gasteiger partial charge in [0.25, 0.3) is 0 Å². The minimum atomic E-state index is -4.35. The molecule has 0 amide bonds. The quantitative estimate of drug-likeness (QED) is 0.691. The Hall–Kier alpha value is -1.49. The van der Waals surface area contributed by atoms with E-state index in [1.54, 1.807) is 6.07 Å². The van der Waals surface area contributed by atoms with Crippen LogP contribution in [0.5, 0.6) is 10.8 Å². The third kappa shape index (κ3) is 3.33. The van der Waals surface area contributed by atoms with Crippen molar-refractivity contribution in [1.29, 1.82) is 0 Å². The van der Waals surface area contributed by atoms with Gasteiger partial charge in [0.2, 0.25) is 0 Å². The summed E-state index contributed by atoms with van der Waals surface area (Å²) < 4.78 is 43.6. The number of alkyl halides is 3. The Morgan fingerprint density at radius 1 is 1.25 bits per heavy atom. The largest absolute Gasteiger partial charge is 0.446 e. The summed E-state index contributed by atoms with van der Waals surface area (Å²) in [6, 6.07) is 4.97. The van der Waals surface area contributed by atoms with Crippen LogP contribution in [0.3, 0.4) is 0 Å². The zero-order valence-electron chi connectivity index (χ0n) is 11.3. The first-order valence-electron chi connectivity index (χ1n) is 6.34.